The highest BCUT2D eigenvalue weighted by molar-refractivity contribution is 5.94. The Kier molecular flexibility index (Phi) is 8.49. The summed E-state index contributed by atoms with van der Waals surface area (Å²) in [4.78, 5) is 25.4. The highest BCUT2D eigenvalue weighted by Crippen LogP contribution is 2.24. The molecule has 40 heavy (non-hydrogen) atoms. The molecule has 5 aromatic rings. The summed E-state index contributed by atoms with van der Waals surface area (Å²) in [6, 6.07) is 39.5. The number of esters is 2. The molecule has 198 valence electrons. The number of para-hydroxylation sites is 4. The fraction of sp³-hybridized carbons (Fsp3) is 0.0588. The van der Waals surface area contributed by atoms with Crippen molar-refractivity contribution in [2.45, 2.75) is 13.2 Å². The van der Waals surface area contributed by atoms with Crippen molar-refractivity contribution in [2.24, 2.45) is 0 Å². The van der Waals surface area contributed by atoms with Crippen molar-refractivity contribution in [3.05, 3.63) is 156 Å². The second-order valence-electron chi connectivity index (χ2n) is 8.79. The van der Waals surface area contributed by atoms with Crippen LogP contribution >= 0.6 is 0 Å². The van der Waals surface area contributed by atoms with Gasteiger partial charge in [0, 0.05) is 0 Å². The summed E-state index contributed by atoms with van der Waals surface area (Å²) in [6.07, 6.45) is 0. The van der Waals surface area contributed by atoms with Gasteiger partial charge >= 0.3 is 11.9 Å². The Morgan fingerprint density at radius 1 is 0.425 bits per heavy atom. The van der Waals surface area contributed by atoms with Crippen LogP contribution in [0, 0.1) is 0 Å². The third-order valence-corrected chi connectivity index (χ3v) is 5.93. The van der Waals surface area contributed by atoms with Gasteiger partial charge < -0.3 is 18.9 Å². The maximum absolute atomic E-state index is 12.7. The van der Waals surface area contributed by atoms with Gasteiger partial charge in [0.25, 0.3) is 0 Å². The van der Waals surface area contributed by atoms with E-state index in [4.69, 9.17) is 18.9 Å². The molecule has 6 nitrogen and oxygen atoms in total. The molecule has 0 aliphatic carbocycles. The lowest BCUT2D eigenvalue weighted by Crippen LogP contribution is -2.11. The molecule has 0 radical (unpaired) electrons. The third kappa shape index (κ3) is 6.94. The van der Waals surface area contributed by atoms with Gasteiger partial charge in [0.1, 0.15) is 47.3 Å². The summed E-state index contributed by atoms with van der Waals surface area (Å²) in [5.74, 6) is 0.848. The smallest absolute Gasteiger partial charge is 0.347 e. The van der Waals surface area contributed by atoms with E-state index in [-0.39, 0.29) is 13.2 Å². The summed E-state index contributed by atoms with van der Waals surface area (Å²) in [5, 5.41) is 0. The first kappa shape index (κ1) is 26.3. The fourth-order valence-electron chi connectivity index (χ4n) is 3.88. The summed E-state index contributed by atoms with van der Waals surface area (Å²) < 4.78 is 22.8. The van der Waals surface area contributed by atoms with E-state index in [1.165, 1.54) is 0 Å². The van der Waals surface area contributed by atoms with E-state index in [2.05, 4.69) is 0 Å². The average Bonchev–Trinajstić information content (AvgIpc) is 3.01. The Balaban J connectivity index is 1.17. The van der Waals surface area contributed by atoms with Gasteiger partial charge in [0.05, 0.1) is 0 Å². The molecule has 0 spiro atoms. The van der Waals surface area contributed by atoms with E-state index < -0.39 is 11.9 Å². The lowest BCUT2D eigenvalue weighted by atomic mass is 10.1. The molecule has 0 saturated heterocycles. The zero-order valence-electron chi connectivity index (χ0n) is 21.6. The number of carbonyl (C=O) groups is 2. The standard InChI is InChI=1S/C34H26O6/c35-33(39-27-11-3-1-4-12-27)29-15-7-9-17-31(29)37-23-25-19-21-26(22-20-25)24-38-32-18-10-8-16-30(32)34(36)40-28-13-5-2-6-14-28/h1-22H,23-24H2. The van der Waals surface area contributed by atoms with Gasteiger partial charge in [-0.15, -0.1) is 0 Å². The Labute approximate surface area is 232 Å². The summed E-state index contributed by atoms with van der Waals surface area (Å²) in [5.41, 5.74) is 2.53. The number of benzene rings is 5. The first-order valence-corrected chi connectivity index (χ1v) is 12.7. The van der Waals surface area contributed by atoms with E-state index in [0.717, 1.165) is 11.1 Å². The zero-order valence-corrected chi connectivity index (χ0v) is 21.6. The topological polar surface area (TPSA) is 71.1 Å². The van der Waals surface area contributed by atoms with Crippen molar-refractivity contribution in [2.75, 3.05) is 0 Å². The van der Waals surface area contributed by atoms with E-state index in [1.54, 1.807) is 84.9 Å². The van der Waals surface area contributed by atoms with Crippen molar-refractivity contribution >= 4 is 11.9 Å². The molecule has 5 aromatic carbocycles. The lowest BCUT2D eigenvalue weighted by molar-refractivity contribution is 0.0719. The van der Waals surface area contributed by atoms with Crippen molar-refractivity contribution in [3.8, 4) is 23.0 Å². The Morgan fingerprint density at radius 2 is 0.775 bits per heavy atom. The van der Waals surface area contributed by atoms with Crippen LogP contribution < -0.4 is 18.9 Å². The highest BCUT2D eigenvalue weighted by Gasteiger charge is 2.16. The molecule has 0 aromatic heterocycles. The monoisotopic (exact) mass is 530 g/mol. The van der Waals surface area contributed by atoms with Crippen LogP contribution in [0.15, 0.2) is 133 Å². The molecule has 0 bridgehead atoms. The average molecular weight is 531 g/mol. The first-order valence-electron chi connectivity index (χ1n) is 12.7. The maximum Gasteiger partial charge on any atom is 0.347 e. The van der Waals surface area contributed by atoms with E-state index in [9.17, 15) is 9.59 Å². The van der Waals surface area contributed by atoms with Crippen LogP contribution in [0.5, 0.6) is 23.0 Å². The molecule has 0 unspecified atom stereocenters. The minimum Gasteiger partial charge on any atom is -0.488 e. The molecule has 0 aliphatic rings. The van der Waals surface area contributed by atoms with E-state index in [0.29, 0.717) is 34.1 Å². The van der Waals surface area contributed by atoms with Crippen LogP contribution in [0.25, 0.3) is 0 Å². The molecule has 0 atom stereocenters. The van der Waals surface area contributed by atoms with Crippen molar-refractivity contribution in [3.63, 3.8) is 0 Å². The highest BCUT2D eigenvalue weighted by atomic mass is 16.5. The number of hydrogen-bond acceptors (Lipinski definition) is 6. The second kappa shape index (κ2) is 12.9. The van der Waals surface area contributed by atoms with Gasteiger partial charge in [-0.2, -0.15) is 0 Å². The number of carbonyl (C=O) groups excluding carboxylic acids is 2. The van der Waals surface area contributed by atoms with Gasteiger partial charge in [0.15, 0.2) is 0 Å². The van der Waals surface area contributed by atoms with Crippen LogP contribution in [-0.4, -0.2) is 11.9 Å². The molecule has 5 rings (SSSR count). The molecule has 0 saturated carbocycles. The Hall–Kier alpha value is -5.36. The number of hydrogen-bond donors (Lipinski definition) is 0. The molecular weight excluding hydrogens is 504 g/mol. The fourth-order valence-corrected chi connectivity index (χ4v) is 3.88. The first-order chi connectivity index (χ1) is 19.7. The van der Waals surface area contributed by atoms with Gasteiger partial charge in [-0.25, -0.2) is 9.59 Å². The van der Waals surface area contributed by atoms with Gasteiger partial charge in [-0.1, -0.05) is 84.9 Å². The van der Waals surface area contributed by atoms with Gasteiger partial charge in [0.2, 0.25) is 0 Å². The quantitative estimate of drug-likeness (QED) is 0.140. The van der Waals surface area contributed by atoms with Crippen LogP contribution in [0.2, 0.25) is 0 Å². The minimum absolute atomic E-state index is 0.269. The SMILES string of the molecule is O=C(Oc1ccccc1)c1ccccc1OCc1ccc(COc2ccccc2C(=O)Oc2ccccc2)cc1. The molecule has 6 heteroatoms. The molecular formula is C34H26O6. The molecule has 0 fully saturated rings. The second-order valence-corrected chi connectivity index (χ2v) is 8.79. The van der Waals surface area contributed by atoms with Crippen LogP contribution in [-0.2, 0) is 13.2 Å². The number of ether oxygens (including phenoxy) is 4. The summed E-state index contributed by atoms with van der Waals surface area (Å²) in [6.45, 7) is 0.538. The molecule has 0 aliphatic heterocycles. The molecule has 0 N–H and O–H groups in total. The minimum atomic E-state index is -0.484. The summed E-state index contributed by atoms with van der Waals surface area (Å²) in [7, 11) is 0. The van der Waals surface area contributed by atoms with Crippen LogP contribution in [0.1, 0.15) is 31.8 Å². The molecule has 0 heterocycles. The van der Waals surface area contributed by atoms with Crippen molar-refractivity contribution < 1.29 is 28.5 Å². The predicted octanol–water partition coefficient (Wildman–Crippen LogP) is 7.28. The van der Waals surface area contributed by atoms with Crippen molar-refractivity contribution in [1.29, 1.82) is 0 Å². The predicted molar refractivity (Wildman–Crippen MR) is 151 cm³/mol. The zero-order chi connectivity index (χ0) is 27.6. The van der Waals surface area contributed by atoms with E-state index >= 15 is 0 Å². The van der Waals surface area contributed by atoms with Crippen molar-refractivity contribution in [1.82, 2.24) is 0 Å². The lowest BCUT2D eigenvalue weighted by Gasteiger charge is -2.13. The van der Waals surface area contributed by atoms with Gasteiger partial charge in [-0.3, -0.25) is 0 Å². The normalized spacial score (nSPS) is 10.4. The maximum atomic E-state index is 12.7. The largest absolute Gasteiger partial charge is 0.488 e. The Bertz CT molecular complexity index is 1440. The Morgan fingerprint density at radius 3 is 1.18 bits per heavy atom. The number of rotatable bonds is 10. The van der Waals surface area contributed by atoms with Gasteiger partial charge in [-0.05, 0) is 59.7 Å². The van der Waals surface area contributed by atoms with E-state index in [1.807, 2.05) is 48.5 Å². The summed E-state index contributed by atoms with van der Waals surface area (Å²) >= 11 is 0. The third-order valence-electron chi connectivity index (χ3n) is 5.93. The van der Waals surface area contributed by atoms with Crippen LogP contribution in [0.3, 0.4) is 0 Å². The molecule has 0 amide bonds. The van der Waals surface area contributed by atoms with Crippen LogP contribution in [0.4, 0.5) is 0 Å².